The average molecular weight is 825 g/mol. The van der Waals surface area contributed by atoms with Crippen molar-refractivity contribution in [2.24, 2.45) is 0 Å². The summed E-state index contributed by atoms with van der Waals surface area (Å²) >= 11 is -1.74. The minimum atomic E-state index is -4.90. The third-order valence-electron chi connectivity index (χ3n) is 10.6. The monoisotopic (exact) mass is 824 g/mol. The van der Waals surface area contributed by atoms with E-state index in [1.807, 2.05) is 6.07 Å². The Morgan fingerprint density at radius 2 is 2.00 bits per heavy atom. The Hall–Kier alpha value is -3.34. The molecule has 2 aromatic heterocycles. The van der Waals surface area contributed by atoms with Gasteiger partial charge in [0.2, 0.25) is 0 Å². The van der Waals surface area contributed by atoms with Gasteiger partial charge in [0.1, 0.15) is 0 Å². The Labute approximate surface area is 305 Å². The molecule has 0 amide bonds. The van der Waals surface area contributed by atoms with E-state index in [1.165, 1.54) is 18.3 Å². The van der Waals surface area contributed by atoms with Crippen molar-refractivity contribution in [2.45, 2.75) is 66.8 Å². The number of carbonyl (C=O) groups is 1. The molecule has 3 saturated heterocycles. The van der Waals surface area contributed by atoms with E-state index in [4.69, 9.17) is 18.6 Å². The van der Waals surface area contributed by atoms with Crippen LogP contribution < -0.4 is 13.8 Å². The molecule has 51 heavy (non-hydrogen) atoms. The van der Waals surface area contributed by atoms with Gasteiger partial charge < -0.3 is 0 Å². The average Bonchev–Trinajstić information content (AvgIpc) is 3.50. The molecule has 9 rings (SSSR count). The second-order valence-corrected chi connectivity index (χ2v) is 20.0. The second kappa shape index (κ2) is 13.9. The molecule has 12 nitrogen and oxygen atoms in total. The molecule has 3 fully saturated rings. The fraction of sp³-hybridized carbons (Fsp3) is 0.486. The predicted octanol–water partition coefficient (Wildman–Crippen LogP) is 5.69. The van der Waals surface area contributed by atoms with Crippen LogP contribution in [-0.2, 0) is 21.6 Å². The zero-order valence-electron chi connectivity index (χ0n) is 27.9. The third-order valence-corrected chi connectivity index (χ3v) is 15.6. The number of rotatable bonds is 5. The number of fused-ring (bicyclic) bond motifs is 7. The molecular weight excluding hydrogens is 787 g/mol. The van der Waals surface area contributed by atoms with E-state index in [2.05, 4.69) is 19.8 Å². The standard InChI is InChI=1S/C35H37F2N5O7S.In/c36-25-18-35(11-7-14-42(35)20-25)21-48-34-39-32-28(33(40-34)41-12-3-1-2-4-13-41)19-38-31(30(32)37)27-17-26(49-50(44,45)46)16-24-9-5-8-23(29(24)27)10-6-15-47-22-43;/h1,5,8-9,16-17,19,25H,2-4,6-7,10-15,18,20-21H2,(H,44,45,46);/t25-,35+;/m1./s1. The van der Waals surface area contributed by atoms with Crippen LogP contribution in [0, 0.1) is 5.82 Å². The van der Waals surface area contributed by atoms with Crippen LogP contribution in [0.1, 0.15) is 50.5 Å². The summed E-state index contributed by atoms with van der Waals surface area (Å²) in [5.41, 5.74) is 0.439. The van der Waals surface area contributed by atoms with E-state index in [9.17, 15) is 22.2 Å². The molecule has 1 N–H and O–H groups in total. The summed E-state index contributed by atoms with van der Waals surface area (Å²) in [5.74, 6) is -0.519. The second-order valence-electron chi connectivity index (χ2n) is 14.0. The molecule has 5 aliphatic heterocycles. The number of hydrogen-bond acceptors (Lipinski definition) is 11. The van der Waals surface area contributed by atoms with Crippen molar-refractivity contribution < 1.29 is 40.2 Å². The van der Waals surface area contributed by atoms with Gasteiger partial charge in [0, 0.05) is 0 Å². The Bertz CT molecular complexity index is 2130. The zero-order valence-corrected chi connectivity index (χ0v) is 32.0. The van der Waals surface area contributed by atoms with Crippen LogP contribution in [0.5, 0.6) is 11.8 Å². The molecule has 267 valence electrons. The van der Waals surface area contributed by atoms with Gasteiger partial charge in [-0.05, 0) is 0 Å². The van der Waals surface area contributed by atoms with Gasteiger partial charge in [-0.1, -0.05) is 0 Å². The third kappa shape index (κ3) is 7.08. The van der Waals surface area contributed by atoms with Gasteiger partial charge in [-0.15, -0.1) is 0 Å². The molecule has 1 radical (unpaired) electrons. The van der Waals surface area contributed by atoms with Crippen LogP contribution in [-0.4, -0.2) is 111 Å². The fourth-order valence-electron chi connectivity index (χ4n) is 8.38. The number of halogens is 2. The van der Waals surface area contributed by atoms with Crippen LogP contribution in [0.2, 0.25) is 3.67 Å². The van der Waals surface area contributed by atoms with Crippen LogP contribution in [0.3, 0.4) is 0 Å². The molecule has 5 aliphatic rings. The summed E-state index contributed by atoms with van der Waals surface area (Å²) in [4.78, 5) is 31.2. The van der Waals surface area contributed by atoms with E-state index in [0.29, 0.717) is 64.5 Å². The van der Waals surface area contributed by atoms with Crippen LogP contribution in [0.4, 0.5) is 19.4 Å². The summed E-state index contributed by atoms with van der Waals surface area (Å²) in [6, 6.07) is 8.15. The Balaban J connectivity index is 1.30. The van der Waals surface area contributed by atoms with Crippen LogP contribution in [0.25, 0.3) is 32.9 Å². The van der Waals surface area contributed by atoms with E-state index in [1.54, 1.807) is 12.1 Å². The normalized spacial score (nSPS) is 24.3. The molecule has 0 spiro atoms. The number of pyridine rings is 1. The number of alkyl halides is 1. The van der Waals surface area contributed by atoms with E-state index >= 15 is 4.39 Å². The number of ether oxygens (including phenoxy) is 2. The zero-order chi connectivity index (χ0) is 35.3. The van der Waals surface area contributed by atoms with E-state index < -0.39 is 50.8 Å². The van der Waals surface area contributed by atoms with Crippen LogP contribution >= 0.6 is 0 Å². The minimum absolute atomic E-state index is 0.0226. The number of anilines is 1. The van der Waals surface area contributed by atoms with Gasteiger partial charge in [0.25, 0.3) is 0 Å². The van der Waals surface area contributed by atoms with E-state index in [0.717, 1.165) is 44.2 Å². The first-order chi connectivity index (χ1) is 24.5. The molecule has 7 heterocycles. The predicted molar refractivity (Wildman–Crippen MR) is 186 cm³/mol. The Morgan fingerprint density at radius 3 is 2.86 bits per heavy atom. The van der Waals surface area contributed by atoms with Crippen molar-refractivity contribution in [3.63, 3.8) is 0 Å². The summed E-state index contributed by atoms with van der Waals surface area (Å²) in [6.07, 6.45) is 6.19. The molecule has 2 aromatic carbocycles. The topological polar surface area (TPSA) is 144 Å². The number of nitrogens with zero attached hydrogens (tertiary/aromatic N) is 5. The molecule has 16 heteroatoms. The summed E-state index contributed by atoms with van der Waals surface area (Å²) in [7, 11) is -4.90. The van der Waals surface area contributed by atoms with Gasteiger partial charge in [-0.25, -0.2) is 4.39 Å². The van der Waals surface area contributed by atoms with Crippen molar-refractivity contribution in [2.75, 3.05) is 44.3 Å². The van der Waals surface area contributed by atoms with Crippen molar-refractivity contribution in [3.8, 4) is 23.0 Å². The van der Waals surface area contributed by atoms with Gasteiger partial charge in [-0.2, -0.15) is 8.42 Å². The van der Waals surface area contributed by atoms with Gasteiger partial charge >= 0.3 is 289 Å². The Kier molecular flexibility index (Phi) is 9.46. The SMILES string of the molecule is O=[C]1OCCCc2cccc3cc(OS(=O)(=O)O)cc(c23)-c2ncc3c(nc(OC[C@@]45CCCN4C[C@H](F)C5)nc3c2F)N2CCC[C@@H](CC2)[In]1. The van der Waals surface area contributed by atoms with Crippen molar-refractivity contribution in [1.82, 2.24) is 19.9 Å². The van der Waals surface area contributed by atoms with Gasteiger partial charge in [0.05, 0.1) is 0 Å². The maximum absolute atomic E-state index is 17.2. The number of aromatic nitrogens is 3. The molecule has 6 bridgehead atoms. The molecule has 3 atom stereocenters. The first kappa shape index (κ1) is 34.7. The number of carbonyl (C=O) groups excluding carboxylic acids is 1. The molecule has 0 saturated carbocycles. The van der Waals surface area contributed by atoms with Crippen molar-refractivity contribution in [3.05, 3.63) is 47.9 Å². The van der Waals surface area contributed by atoms with Crippen LogP contribution in [0.15, 0.2) is 36.5 Å². The quantitative estimate of drug-likeness (QED) is 0.247. The number of aryl methyl sites for hydroxylation is 1. The van der Waals surface area contributed by atoms with E-state index in [-0.39, 0.29) is 45.5 Å². The molecule has 4 aromatic rings. The summed E-state index contributed by atoms with van der Waals surface area (Å²) in [6.45, 7) is 2.81. The molecule has 0 unspecified atom stereocenters. The number of hydrogen-bond donors (Lipinski definition) is 1. The molecular formula is C35H37F2InN5O7S. The van der Waals surface area contributed by atoms with Crippen molar-refractivity contribution >= 4 is 64.5 Å². The van der Waals surface area contributed by atoms with Gasteiger partial charge in [-0.3, -0.25) is 4.55 Å². The van der Waals surface area contributed by atoms with Gasteiger partial charge in [0.15, 0.2) is 0 Å². The molecule has 0 aliphatic carbocycles. The maximum atomic E-state index is 17.2. The Morgan fingerprint density at radius 1 is 1.12 bits per heavy atom. The summed E-state index contributed by atoms with van der Waals surface area (Å²) in [5, 5.41) is 1.51. The first-order valence-electron chi connectivity index (χ1n) is 17.4. The fourth-order valence-corrected chi connectivity index (χ4v) is 12.5. The number of benzene rings is 2. The first-order valence-corrected chi connectivity index (χ1v) is 22.3. The van der Waals surface area contributed by atoms with Crippen molar-refractivity contribution in [1.29, 1.82) is 0 Å². The summed E-state index contributed by atoms with van der Waals surface area (Å²) < 4.78 is 81.9.